The van der Waals surface area contributed by atoms with E-state index in [9.17, 15) is 23.1 Å². The minimum atomic E-state index is -0.681. The number of aliphatic hydroxyl groups is 1. The molecule has 162 valence electrons. The van der Waals surface area contributed by atoms with Crippen LogP contribution in [-0.4, -0.2) is 40.1 Å². The molecular formula is C24H23F3N2O2. The van der Waals surface area contributed by atoms with E-state index in [1.54, 1.807) is 17.0 Å². The minimum Gasteiger partial charge on any atom is -0.394 e. The van der Waals surface area contributed by atoms with Crippen LogP contribution in [0.15, 0.2) is 36.4 Å². The molecule has 4 nitrogen and oxygen atoms in total. The van der Waals surface area contributed by atoms with Gasteiger partial charge in [0.05, 0.1) is 23.9 Å². The highest BCUT2D eigenvalue weighted by Crippen LogP contribution is 2.49. The number of H-pyrrole nitrogens is 1. The fourth-order valence-electron chi connectivity index (χ4n) is 5.11. The zero-order chi connectivity index (χ0) is 21.7. The van der Waals surface area contributed by atoms with E-state index in [0.717, 1.165) is 24.5 Å². The van der Waals surface area contributed by atoms with E-state index < -0.39 is 11.6 Å². The van der Waals surface area contributed by atoms with Crippen molar-refractivity contribution in [2.24, 2.45) is 5.92 Å². The van der Waals surface area contributed by atoms with Crippen LogP contribution in [0.2, 0.25) is 0 Å². The summed E-state index contributed by atoms with van der Waals surface area (Å²) in [5.74, 6) is -1.88. The Morgan fingerprint density at radius 1 is 1.10 bits per heavy atom. The van der Waals surface area contributed by atoms with E-state index in [1.807, 2.05) is 0 Å². The Labute approximate surface area is 177 Å². The number of amides is 1. The highest BCUT2D eigenvalue weighted by atomic mass is 19.1. The molecule has 3 aromatic rings. The molecule has 2 aromatic carbocycles. The number of halogens is 3. The molecule has 1 aliphatic heterocycles. The van der Waals surface area contributed by atoms with Crippen molar-refractivity contribution in [1.29, 1.82) is 0 Å². The topological polar surface area (TPSA) is 56.3 Å². The van der Waals surface area contributed by atoms with E-state index in [0.29, 0.717) is 36.0 Å². The summed E-state index contributed by atoms with van der Waals surface area (Å²) in [7, 11) is 0. The predicted molar refractivity (Wildman–Crippen MR) is 111 cm³/mol. The molecule has 1 atom stereocenters. The Morgan fingerprint density at radius 2 is 1.84 bits per heavy atom. The second kappa shape index (κ2) is 7.71. The van der Waals surface area contributed by atoms with Crippen LogP contribution in [0.5, 0.6) is 0 Å². The quantitative estimate of drug-likeness (QED) is 0.631. The summed E-state index contributed by atoms with van der Waals surface area (Å²) < 4.78 is 41.9. The van der Waals surface area contributed by atoms with Gasteiger partial charge in [0.2, 0.25) is 5.91 Å². The molecule has 2 N–H and O–H groups in total. The molecule has 0 spiro atoms. The van der Waals surface area contributed by atoms with Crippen molar-refractivity contribution in [2.75, 3.05) is 13.2 Å². The maximum atomic E-state index is 14.5. The summed E-state index contributed by atoms with van der Waals surface area (Å²) in [5.41, 5.74) is 2.29. The number of fused-ring (bicyclic) bond motifs is 1. The number of carbonyl (C=O) groups is 1. The normalized spacial score (nSPS) is 23.4. The number of carbonyl (C=O) groups excluding carboxylic acids is 1. The molecule has 2 heterocycles. The Hall–Kier alpha value is -2.80. The molecule has 1 aliphatic carbocycles. The van der Waals surface area contributed by atoms with E-state index >= 15 is 0 Å². The van der Waals surface area contributed by atoms with Gasteiger partial charge in [0.15, 0.2) is 0 Å². The van der Waals surface area contributed by atoms with Crippen LogP contribution in [0.4, 0.5) is 13.2 Å². The van der Waals surface area contributed by atoms with Crippen molar-refractivity contribution in [3.8, 4) is 11.3 Å². The van der Waals surface area contributed by atoms with E-state index in [2.05, 4.69) is 4.98 Å². The average molecular weight is 428 g/mol. The first kappa shape index (κ1) is 20.1. The Kier molecular flexibility index (Phi) is 5.01. The first-order valence-electron chi connectivity index (χ1n) is 10.6. The summed E-state index contributed by atoms with van der Waals surface area (Å²) in [6, 6.07) is 7.91. The number of hydrogen-bond donors (Lipinski definition) is 2. The fraction of sp³-hybridized carbons (Fsp3) is 0.375. The van der Waals surface area contributed by atoms with Crippen molar-refractivity contribution < 1.29 is 23.1 Å². The van der Waals surface area contributed by atoms with Crippen molar-refractivity contribution >= 4 is 16.8 Å². The third kappa shape index (κ3) is 3.41. The van der Waals surface area contributed by atoms with Gasteiger partial charge < -0.3 is 15.0 Å². The molecular weight excluding hydrogens is 405 g/mol. The van der Waals surface area contributed by atoms with Gasteiger partial charge in [0.1, 0.15) is 17.5 Å². The molecule has 2 aliphatic rings. The molecule has 5 rings (SSSR count). The van der Waals surface area contributed by atoms with Gasteiger partial charge >= 0.3 is 0 Å². The van der Waals surface area contributed by atoms with Gasteiger partial charge in [-0.25, -0.2) is 13.2 Å². The van der Waals surface area contributed by atoms with E-state index in [4.69, 9.17) is 0 Å². The molecule has 0 bridgehead atoms. The van der Waals surface area contributed by atoms with Crippen molar-refractivity contribution in [2.45, 2.75) is 37.6 Å². The molecule has 31 heavy (non-hydrogen) atoms. The molecule has 1 saturated heterocycles. The molecule has 0 radical (unpaired) electrons. The number of benzene rings is 2. The highest BCUT2D eigenvalue weighted by Gasteiger charge is 2.42. The van der Waals surface area contributed by atoms with Crippen LogP contribution in [0.25, 0.3) is 22.2 Å². The van der Waals surface area contributed by atoms with Crippen LogP contribution in [-0.2, 0) is 4.79 Å². The summed E-state index contributed by atoms with van der Waals surface area (Å²) >= 11 is 0. The molecule has 2 fully saturated rings. The second-order valence-electron chi connectivity index (χ2n) is 8.61. The van der Waals surface area contributed by atoms with Gasteiger partial charge in [-0.05, 0) is 73.1 Å². The van der Waals surface area contributed by atoms with Crippen molar-refractivity contribution in [3.05, 3.63) is 59.4 Å². The van der Waals surface area contributed by atoms with Gasteiger partial charge in [-0.1, -0.05) is 0 Å². The van der Waals surface area contributed by atoms with Gasteiger partial charge in [-0.2, -0.15) is 0 Å². The first-order valence-corrected chi connectivity index (χ1v) is 10.6. The van der Waals surface area contributed by atoms with Crippen LogP contribution < -0.4 is 0 Å². The maximum Gasteiger partial charge on any atom is 0.226 e. The largest absolute Gasteiger partial charge is 0.394 e. The second-order valence-corrected chi connectivity index (χ2v) is 8.61. The van der Waals surface area contributed by atoms with Gasteiger partial charge in [0.25, 0.3) is 0 Å². The third-order valence-corrected chi connectivity index (χ3v) is 6.76. The zero-order valence-electron chi connectivity index (χ0n) is 16.9. The summed E-state index contributed by atoms with van der Waals surface area (Å²) in [6.45, 7) is 0.632. The number of likely N-dealkylation sites (tertiary alicyclic amines) is 1. The summed E-state index contributed by atoms with van der Waals surface area (Å²) in [4.78, 5) is 17.8. The number of aliphatic hydroxyl groups excluding tert-OH is 1. The SMILES string of the molecule is O=C([C@H]1C[C@H](c2c(-c3ccc(F)cc3)[nH]c3c(F)cc(F)cc32)C1)N1CCC[C@@H]1CO. The van der Waals surface area contributed by atoms with Gasteiger partial charge in [0, 0.05) is 23.9 Å². The Balaban J connectivity index is 1.49. The lowest BCUT2D eigenvalue weighted by atomic mass is 9.69. The monoisotopic (exact) mass is 428 g/mol. The maximum absolute atomic E-state index is 14.5. The number of nitrogens with one attached hydrogen (secondary N) is 1. The zero-order valence-corrected chi connectivity index (χ0v) is 16.9. The predicted octanol–water partition coefficient (Wildman–Crippen LogP) is 4.73. The number of rotatable bonds is 4. The number of aromatic nitrogens is 1. The van der Waals surface area contributed by atoms with Crippen LogP contribution in [0.1, 0.15) is 37.2 Å². The summed E-state index contributed by atoms with van der Waals surface area (Å²) in [5, 5.41) is 9.98. The lowest BCUT2D eigenvalue weighted by Gasteiger charge is -2.38. The third-order valence-electron chi connectivity index (χ3n) is 6.76. The molecule has 1 aromatic heterocycles. The average Bonchev–Trinajstić information content (AvgIpc) is 3.33. The number of aromatic amines is 1. The Morgan fingerprint density at radius 3 is 2.55 bits per heavy atom. The van der Waals surface area contributed by atoms with E-state index in [-0.39, 0.29) is 41.7 Å². The minimum absolute atomic E-state index is 0.0302. The van der Waals surface area contributed by atoms with E-state index in [1.165, 1.54) is 18.2 Å². The molecule has 7 heteroatoms. The molecule has 1 amide bonds. The highest BCUT2D eigenvalue weighted by molar-refractivity contribution is 5.92. The van der Waals surface area contributed by atoms with Gasteiger partial charge in [-0.15, -0.1) is 0 Å². The van der Waals surface area contributed by atoms with Crippen molar-refractivity contribution in [1.82, 2.24) is 9.88 Å². The van der Waals surface area contributed by atoms with Gasteiger partial charge in [-0.3, -0.25) is 4.79 Å². The summed E-state index contributed by atoms with van der Waals surface area (Å²) in [6.07, 6.45) is 2.86. The number of hydrogen-bond acceptors (Lipinski definition) is 2. The lowest BCUT2D eigenvalue weighted by molar-refractivity contribution is -0.140. The van der Waals surface area contributed by atoms with Crippen molar-refractivity contribution in [3.63, 3.8) is 0 Å². The standard InChI is InChI=1S/C24H23F3N2O2/c25-16-5-3-13(4-6-16)22-21(19-10-17(26)11-20(27)23(19)28-22)14-8-15(9-14)24(31)29-7-1-2-18(29)12-30/h3-6,10-11,14-15,18,28,30H,1-2,7-9,12H2/t14-,15-,18-/m1/s1. The fourth-order valence-corrected chi connectivity index (χ4v) is 5.11. The number of nitrogens with zero attached hydrogens (tertiary/aromatic N) is 1. The lowest BCUT2D eigenvalue weighted by Crippen LogP contribution is -2.44. The molecule has 0 unspecified atom stereocenters. The van der Waals surface area contributed by atoms with Crippen LogP contribution in [0, 0.1) is 23.4 Å². The smallest absolute Gasteiger partial charge is 0.226 e. The first-order chi connectivity index (χ1) is 15.0. The Bertz CT molecular complexity index is 1140. The van der Waals surface area contributed by atoms with Crippen LogP contribution >= 0.6 is 0 Å². The van der Waals surface area contributed by atoms with Crippen LogP contribution in [0.3, 0.4) is 0 Å². The molecule has 1 saturated carbocycles.